The Labute approximate surface area is 132 Å². The highest BCUT2D eigenvalue weighted by Crippen LogP contribution is 2.30. The lowest BCUT2D eigenvalue weighted by atomic mass is 10.0. The Balaban J connectivity index is 2.75. The van der Waals surface area contributed by atoms with Crippen LogP contribution in [-0.4, -0.2) is 19.0 Å². The third kappa shape index (κ3) is 6.77. The van der Waals surface area contributed by atoms with E-state index in [1.165, 1.54) is 17.3 Å². The predicted octanol–water partition coefficient (Wildman–Crippen LogP) is 4.66. The van der Waals surface area contributed by atoms with Crippen LogP contribution in [0.4, 0.5) is 0 Å². The van der Waals surface area contributed by atoms with Gasteiger partial charge in [-0.1, -0.05) is 26.8 Å². The molecule has 0 fully saturated rings. The fourth-order valence-electron chi connectivity index (χ4n) is 1.98. The predicted molar refractivity (Wildman–Crippen MR) is 89.0 cm³/mol. The molecule has 0 saturated carbocycles. The van der Waals surface area contributed by atoms with Gasteiger partial charge in [0, 0.05) is 5.75 Å². The quantitative estimate of drug-likeness (QED) is 0.590. The summed E-state index contributed by atoms with van der Waals surface area (Å²) in [7, 11) is 0. The summed E-state index contributed by atoms with van der Waals surface area (Å²) in [4.78, 5) is 0. The number of ether oxygens (including phenoxy) is 2. The lowest BCUT2D eigenvalue weighted by Gasteiger charge is -2.15. The van der Waals surface area contributed by atoms with Crippen LogP contribution in [0.3, 0.4) is 0 Å². The molecule has 0 spiro atoms. The van der Waals surface area contributed by atoms with Gasteiger partial charge >= 0.3 is 0 Å². The van der Waals surface area contributed by atoms with Gasteiger partial charge in [0.05, 0.1) is 13.2 Å². The van der Waals surface area contributed by atoms with E-state index in [0.29, 0.717) is 19.1 Å². The normalized spacial score (nSPS) is 11.7. The molecule has 1 aromatic carbocycles. The third-order valence-corrected chi connectivity index (χ3v) is 3.81. The molecule has 21 heavy (non-hydrogen) atoms. The first-order valence-electron chi connectivity index (χ1n) is 7.60. The molecule has 1 aromatic rings. The second kappa shape index (κ2) is 10.4. The van der Waals surface area contributed by atoms with Crippen LogP contribution in [-0.2, 0) is 6.42 Å². The highest BCUT2D eigenvalue weighted by Gasteiger charge is 2.09. The number of thioether (sulfide) groups is 1. The van der Waals surface area contributed by atoms with Crippen LogP contribution in [0.5, 0.6) is 11.5 Å². The van der Waals surface area contributed by atoms with Crippen LogP contribution in [0.25, 0.3) is 0 Å². The summed E-state index contributed by atoms with van der Waals surface area (Å²) < 4.78 is 11.5. The molecule has 4 heteroatoms. The average Bonchev–Trinajstić information content (AvgIpc) is 2.49. The molecule has 0 amide bonds. The zero-order valence-electron chi connectivity index (χ0n) is 13.2. The van der Waals surface area contributed by atoms with Crippen LogP contribution in [0.1, 0.15) is 39.2 Å². The summed E-state index contributed by atoms with van der Waals surface area (Å²) in [5.41, 5.74) is 1.23. The van der Waals surface area contributed by atoms with Gasteiger partial charge in [0.1, 0.15) is 5.40 Å². The first-order chi connectivity index (χ1) is 10.2. The van der Waals surface area contributed by atoms with E-state index >= 15 is 0 Å². The second-order valence-electron chi connectivity index (χ2n) is 5.19. The summed E-state index contributed by atoms with van der Waals surface area (Å²) in [6.45, 7) is 7.76. The molecule has 0 N–H and O–H groups in total. The summed E-state index contributed by atoms with van der Waals surface area (Å²) in [6, 6.07) is 6.17. The largest absolute Gasteiger partial charge is 0.490 e. The minimum atomic E-state index is 0.469. The van der Waals surface area contributed by atoms with Gasteiger partial charge in [-0.3, -0.25) is 0 Å². The van der Waals surface area contributed by atoms with E-state index in [4.69, 9.17) is 14.7 Å². The van der Waals surface area contributed by atoms with Gasteiger partial charge in [-0.05, 0) is 54.6 Å². The molecule has 116 valence electrons. The lowest BCUT2D eigenvalue weighted by molar-refractivity contribution is 0.268. The molecule has 1 unspecified atom stereocenters. The molecular formula is C17H25NO2S. The van der Waals surface area contributed by atoms with E-state index in [2.05, 4.69) is 38.3 Å². The Morgan fingerprint density at radius 1 is 1.14 bits per heavy atom. The maximum atomic E-state index is 8.62. The topological polar surface area (TPSA) is 42.2 Å². The number of nitriles is 1. The molecule has 0 radical (unpaired) electrons. The average molecular weight is 307 g/mol. The lowest BCUT2D eigenvalue weighted by Crippen LogP contribution is -2.05. The number of thiocyanates is 1. The molecule has 1 atom stereocenters. The molecule has 0 saturated heterocycles. The summed E-state index contributed by atoms with van der Waals surface area (Å²) in [5.74, 6) is 2.99. The zero-order chi connectivity index (χ0) is 15.5. The van der Waals surface area contributed by atoms with E-state index in [1.54, 1.807) is 0 Å². The summed E-state index contributed by atoms with van der Waals surface area (Å²) >= 11 is 1.32. The minimum absolute atomic E-state index is 0.469. The number of benzene rings is 1. The van der Waals surface area contributed by atoms with E-state index < -0.39 is 0 Å². The standard InChI is InChI=1S/C17H25NO2S/c1-4-8-19-16-7-6-15(10-14(3)12-21-13-18)11-17(16)20-9-5-2/h6-7,11,14H,4-5,8-10,12H2,1-3H3. The van der Waals surface area contributed by atoms with Gasteiger partial charge in [-0.25, -0.2) is 0 Å². The first kappa shape index (κ1) is 17.7. The van der Waals surface area contributed by atoms with Crippen LogP contribution < -0.4 is 9.47 Å². The molecule has 3 nitrogen and oxygen atoms in total. The number of hydrogen-bond acceptors (Lipinski definition) is 4. The maximum absolute atomic E-state index is 8.62. The molecule has 1 rings (SSSR count). The van der Waals surface area contributed by atoms with E-state index in [0.717, 1.165) is 36.5 Å². The Hall–Kier alpha value is -1.34. The van der Waals surface area contributed by atoms with Crippen molar-refractivity contribution >= 4 is 11.8 Å². The van der Waals surface area contributed by atoms with Crippen molar-refractivity contribution in [2.45, 2.75) is 40.0 Å². The van der Waals surface area contributed by atoms with Crippen molar-refractivity contribution in [3.63, 3.8) is 0 Å². The minimum Gasteiger partial charge on any atom is -0.490 e. The van der Waals surface area contributed by atoms with Crippen molar-refractivity contribution in [1.82, 2.24) is 0 Å². The van der Waals surface area contributed by atoms with E-state index in [-0.39, 0.29) is 0 Å². The number of hydrogen-bond donors (Lipinski definition) is 0. The highest BCUT2D eigenvalue weighted by atomic mass is 32.2. The van der Waals surface area contributed by atoms with Crippen LogP contribution in [0, 0.1) is 16.6 Å². The van der Waals surface area contributed by atoms with E-state index in [9.17, 15) is 0 Å². The molecule has 0 aliphatic carbocycles. The van der Waals surface area contributed by atoms with Gasteiger partial charge in [-0.15, -0.1) is 0 Å². The first-order valence-corrected chi connectivity index (χ1v) is 8.59. The van der Waals surface area contributed by atoms with Crippen LogP contribution >= 0.6 is 11.8 Å². The maximum Gasteiger partial charge on any atom is 0.161 e. The van der Waals surface area contributed by atoms with Crippen LogP contribution in [0.15, 0.2) is 18.2 Å². The van der Waals surface area contributed by atoms with Crippen molar-refractivity contribution < 1.29 is 9.47 Å². The Morgan fingerprint density at radius 2 is 1.81 bits per heavy atom. The molecule has 0 bridgehead atoms. The van der Waals surface area contributed by atoms with Crippen LogP contribution in [0.2, 0.25) is 0 Å². The summed E-state index contributed by atoms with van der Waals surface area (Å²) in [5, 5.41) is 10.7. The smallest absolute Gasteiger partial charge is 0.161 e. The van der Waals surface area contributed by atoms with Crippen molar-refractivity contribution in [2.75, 3.05) is 19.0 Å². The van der Waals surface area contributed by atoms with Gasteiger partial charge in [0.15, 0.2) is 11.5 Å². The van der Waals surface area contributed by atoms with E-state index in [1.807, 2.05) is 6.07 Å². The van der Waals surface area contributed by atoms with Gasteiger partial charge in [-0.2, -0.15) is 5.26 Å². The molecular weight excluding hydrogens is 282 g/mol. The van der Waals surface area contributed by atoms with Gasteiger partial charge < -0.3 is 9.47 Å². The highest BCUT2D eigenvalue weighted by molar-refractivity contribution is 8.03. The monoisotopic (exact) mass is 307 g/mol. The number of nitrogens with zero attached hydrogens (tertiary/aromatic N) is 1. The molecule has 0 aromatic heterocycles. The van der Waals surface area contributed by atoms with Crippen molar-refractivity contribution in [2.24, 2.45) is 5.92 Å². The van der Waals surface area contributed by atoms with Crippen molar-refractivity contribution in [1.29, 1.82) is 5.26 Å². The van der Waals surface area contributed by atoms with Crippen molar-refractivity contribution in [3.8, 4) is 16.9 Å². The van der Waals surface area contributed by atoms with Gasteiger partial charge in [0.25, 0.3) is 0 Å². The zero-order valence-corrected chi connectivity index (χ0v) is 14.0. The Bertz CT molecular complexity index is 457. The third-order valence-electron chi connectivity index (χ3n) is 2.95. The Kier molecular flexibility index (Phi) is 8.77. The molecule has 0 aliphatic heterocycles. The summed E-state index contributed by atoms with van der Waals surface area (Å²) in [6.07, 6.45) is 2.91. The fraction of sp³-hybridized carbons (Fsp3) is 0.588. The molecule has 0 heterocycles. The SMILES string of the molecule is CCCOc1ccc(CC(C)CSC#N)cc1OCCC. The Morgan fingerprint density at radius 3 is 2.43 bits per heavy atom. The molecule has 0 aliphatic rings. The van der Waals surface area contributed by atoms with Crippen molar-refractivity contribution in [3.05, 3.63) is 23.8 Å². The number of rotatable bonds is 10. The fourth-order valence-corrected chi connectivity index (χ4v) is 2.45. The van der Waals surface area contributed by atoms with Gasteiger partial charge in [0.2, 0.25) is 0 Å². The second-order valence-corrected chi connectivity index (χ2v) is 5.99.